The number of hydrogen-bond donors (Lipinski definition) is 1. The van der Waals surface area contributed by atoms with E-state index in [0.29, 0.717) is 5.75 Å². The molecule has 8 nitrogen and oxygen atoms in total. The van der Waals surface area contributed by atoms with Crippen LogP contribution in [-0.4, -0.2) is 48.1 Å². The van der Waals surface area contributed by atoms with Crippen molar-refractivity contribution in [3.63, 3.8) is 0 Å². The zero-order valence-corrected chi connectivity index (χ0v) is 12.9. The second-order valence-electron chi connectivity index (χ2n) is 4.45. The van der Waals surface area contributed by atoms with Gasteiger partial charge in [-0.1, -0.05) is 18.7 Å². The minimum absolute atomic E-state index is 0.708. The lowest BCUT2D eigenvalue weighted by Gasteiger charge is -2.05. The van der Waals surface area contributed by atoms with Crippen LogP contribution in [0.2, 0.25) is 0 Å². The Morgan fingerprint density at radius 3 is 2.75 bits per heavy atom. The summed E-state index contributed by atoms with van der Waals surface area (Å²) in [5.41, 5.74) is 0. The quantitative estimate of drug-likeness (QED) is 0.557. The van der Waals surface area contributed by atoms with Crippen LogP contribution in [0, 0.1) is 6.92 Å². The molecule has 0 amide bonds. The number of rotatable bonds is 8. The fourth-order valence-corrected chi connectivity index (χ4v) is 2.51. The molecule has 0 spiro atoms. The molecule has 0 aromatic carbocycles. The lowest BCUT2D eigenvalue weighted by molar-refractivity contribution is 0.510. The summed E-state index contributed by atoms with van der Waals surface area (Å²) in [7, 11) is 1.96. The first-order valence-electron chi connectivity index (χ1n) is 6.67. The lowest BCUT2D eigenvalue weighted by atomic mass is 10.5. The van der Waals surface area contributed by atoms with Gasteiger partial charge in [0.05, 0.1) is 12.3 Å². The molecule has 110 valence electrons. The fourth-order valence-electron chi connectivity index (χ4n) is 1.63. The number of tetrazole rings is 1. The third kappa shape index (κ3) is 3.76. The highest BCUT2D eigenvalue weighted by Gasteiger charge is 2.10. The maximum atomic E-state index is 4.13. The van der Waals surface area contributed by atoms with Crippen molar-refractivity contribution < 1.29 is 0 Å². The van der Waals surface area contributed by atoms with Crippen molar-refractivity contribution in [3.8, 4) is 0 Å². The minimum Gasteiger partial charge on any atom is -0.318 e. The standard InChI is InChI=1S/C11H20N8S/c1-4-5-12-6-7-19-11(15-16-17-19)20-8-10-14-13-9(2)18(10)3/h12H,4-8H2,1-3H3. The molecule has 0 aliphatic rings. The van der Waals surface area contributed by atoms with Gasteiger partial charge in [-0.25, -0.2) is 4.68 Å². The molecule has 20 heavy (non-hydrogen) atoms. The predicted octanol–water partition coefficient (Wildman–Crippen LogP) is 0.402. The van der Waals surface area contributed by atoms with Crippen molar-refractivity contribution in [2.24, 2.45) is 7.05 Å². The molecule has 2 rings (SSSR count). The molecule has 0 radical (unpaired) electrons. The van der Waals surface area contributed by atoms with Crippen molar-refractivity contribution in [1.82, 2.24) is 40.3 Å². The normalized spacial score (nSPS) is 11.2. The summed E-state index contributed by atoms with van der Waals surface area (Å²) in [5, 5.41) is 24.1. The number of nitrogens with zero attached hydrogens (tertiary/aromatic N) is 7. The smallest absolute Gasteiger partial charge is 0.209 e. The number of nitrogens with one attached hydrogen (secondary N) is 1. The first kappa shape index (κ1) is 14.9. The summed E-state index contributed by atoms with van der Waals surface area (Å²) in [5.74, 6) is 2.54. The van der Waals surface area contributed by atoms with E-state index < -0.39 is 0 Å². The van der Waals surface area contributed by atoms with Crippen molar-refractivity contribution in [3.05, 3.63) is 11.6 Å². The van der Waals surface area contributed by atoms with Gasteiger partial charge in [-0.05, 0) is 30.3 Å². The van der Waals surface area contributed by atoms with Crippen LogP contribution in [-0.2, 0) is 19.3 Å². The Labute approximate surface area is 122 Å². The van der Waals surface area contributed by atoms with E-state index in [1.165, 1.54) is 0 Å². The molecule has 0 unspecified atom stereocenters. The van der Waals surface area contributed by atoms with Crippen LogP contribution in [0.25, 0.3) is 0 Å². The molecule has 1 N–H and O–H groups in total. The molecule has 0 aliphatic heterocycles. The molecule has 0 aliphatic carbocycles. The van der Waals surface area contributed by atoms with Gasteiger partial charge in [0.2, 0.25) is 5.16 Å². The largest absolute Gasteiger partial charge is 0.318 e. The Balaban J connectivity index is 1.87. The molecule has 2 heterocycles. The molecule has 2 aromatic heterocycles. The van der Waals surface area contributed by atoms with Gasteiger partial charge in [0.15, 0.2) is 0 Å². The van der Waals surface area contributed by atoms with Crippen LogP contribution in [0.3, 0.4) is 0 Å². The Kier molecular flexibility index (Phi) is 5.48. The van der Waals surface area contributed by atoms with Crippen LogP contribution in [0.5, 0.6) is 0 Å². The van der Waals surface area contributed by atoms with Gasteiger partial charge < -0.3 is 9.88 Å². The molecule has 2 aromatic rings. The van der Waals surface area contributed by atoms with Crippen molar-refractivity contribution in [1.29, 1.82) is 0 Å². The highest BCUT2D eigenvalue weighted by molar-refractivity contribution is 7.98. The molecule has 0 saturated carbocycles. The maximum absolute atomic E-state index is 4.13. The third-order valence-corrected chi connectivity index (χ3v) is 3.89. The number of aromatic nitrogens is 7. The molecular weight excluding hydrogens is 276 g/mol. The van der Waals surface area contributed by atoms with Gasteiger partial charge in [-0.15, -0.1) is 15.3 Å². The van der Waals surface area contributed by atoms with Crippen molar-refractivity contribution >= 4 is 11.8 Å². The number of thioether (sulfide) groups is 1. The Morgan fingerprint density at radius 1 is 1.20 bits per heavy atom. The zero-order chi connectivity index (χ0) is 14.4. The van der Waals surface area contributed by atoms with Gasteiger partial charge in [0.25, 0.3) is 0 Å². The first-order chi connectivity index (χ1) is 9.72. The predicted molar refractivity (Wildman–Crippen MR) is 76.3 cm³/mol. The maximum Gasteiger partial charge on any atom is 0.209 e. The van der Waals surface area contributed by atoms with Crippen LogP contribution in [0.1, 0.15) is 25.0 Å². The van der Waals surface area contributed by atoms with E-state index in [-0.39, 0.29) is 0 Å². The minimum atomic E-state index is 0.708. The van der Waals surface area contributed by atoms with Crippen LogP contribution < -0.4 is 5.32 Å². The van der Waals surface area contributed by atoms with Gasteiger partial charge in [0, 0.05) is 13.6 Å². The van der Waals surface area contributed by atoms with E-state index in [9.17, 15) is 0 Å². The Bertz CT molecular complexity index is 534. The van der Waals surface area contributed by atoms with E-state index in [2.05, 4.69) is 38.0 Å². The van der Waals surface area contributed by atoms with E-state index in [4.69, 9.17) is 0 Å². The molecule has 0 fully saturated rings. The first-order valence-corrected chi connectivity index (χ1v) is 7.65. The van der Waals surface area contributed by atoms with E-state index in [1.807, 2.05) is 23.2 Å². The van der Waals surface area contributed by atoms with Gasteiger partial charge in [-0.3, -0.25) is 0 Å². The van der Waals surface area contributed by atoms with Gasteiger partial charge in [0.1, 0.15) is 11.6 Å². The Morgan fingerprint density at radius 2 is 2.05 bits per heavy atom. The lowest BCUT2D eigenvalue weighted by Crippen LogP contribution is -2.21. The van der Waals surface area contributed by atoms with Crippen molar-refractivity contribution in [2.75, 3.05) is 13.1 Å². The second kappa shape index (κ2) is 7.34. The zero-order valence-electron chi connectivity index (χ0n) is 12.1. The van der Waals surface area contributed by atoms with Gasteiger partial charge in [-0.2, -0.15) is 0 Å². The monoisotopic (exact) mass is 296 g/mol. The number of hydrogen-bond acceptors (Lipinski definition) is 7. The van der Waals surface area contributed by atoms with Crippen LogP contribution in [0.15, 0.2) is 5.16 Å². The van der Waals surface area contributed by atoms with Gasteiger partial charge >= 0.3 is 0 Å². The molecule has 0 atom stereocenters. The Hall–Kier alpha value is -1.48. The molecule has 0 saturated heterocycles. The second-order valence-corrected chi connectivity index (χ2v) is 5.39. The summed E-state index contributed by atoms with van der Waals surface area (Å²) in [4.78, 5) is 0. The molecule has 9 heteroatoms. The molecular formula is C11H20N8S. The molecule has 0 bridgehead atoms. The average molecular weight is 296 g/mol. The van der Waals surface area contributed by atoms with E-state index >= 15 is 0 Å². The SMILES string of the molecule is CCCNCCn1nnnc1SCc1nnc(C)n1C. The van der Waals surface area contributed by atoms with Crippen LogP contribution >= 0.6 is 11.8 Å². The fraction of sp³-hybridized carbons (Fsp3) is 0.727. The summed E-state index contributed by atoms with van der Waals surface area (Å²) in [6.45, 7) is 6.74. The van der Waals surface area contributed by atoms with Crippen LogP contribution in [0.4, 0.5) is 0 Å². The summed E-state index contributed by atoms with van der Waals surface area (Å²) < 4.78 is 3.79. The topological polar surface area (TPSA) is 86.3 Å². The highest BCUT2D eigenvalue weighted by atomic mass is 32.2. The summed E-state index contributed by atoms with van der Waals surface area (Å²) >= 11 is 1.57. The van der Waals surface area contributed by atoms with Crippen molar-refractivity contribution in [2.45, 2.75) is 37.7 Å². The van der Waals surface area contributed by atoms with E-state index in [1.54, 1.807) is 11.8 Å². The highest BCUT2D eigenvalue weighted by Crippen LogP contribution is 2.18. The average Bonchev–Trinajstić information content (AvgIpc) is 3.02. The summed E-state index contributed by atoms with van der Waals surface area (Å²) in [6.07, 6.45) is 1.13. The third-order valence-electron chi connectivity index (χ3n) is 2.94. The van der Waals surface area contributed by atoms with E-state index in [0.717, 1.165) is 42.9 Å². The number of aryl methyl sites for hydroxylation is 1. The summed E-state index contributed by atoms with van der Waals surface area (Å²) in [6, 6.07) is 0.